The molecule has 1 aliphatic rings. The van der Waals surface area contributed by atoms with E-state index in [-0.39, 0.29) is 29.6 Å². The molecule has 0 bridgehead atoms. The highest BCUT2D eigenvalue weighted by molar-refractivity contribution is 5.90. The maximum Gasteiger partial charge on any atom is 0.269 e. The summed E-state index contributed by atoms with van der Waals surface area (Å²) in [5, 5.41) is 6.61. The second kappa shape index (κ2) is 7.00. The Kier molecular flexibility index (Phi) is 4.78. The van der Waals surface area contributed by atoms with Crippen LogP contribution in [0, 0.1) is 11.6 Å². The minimum absolute atomic E-state index is 0.109. The first-order valence-corrected chi connectivity index (χ1v) is 8.04. The molecule has 1 fully saturated rings. The van der Waals surface area contributed by atoms with Gasteiger partial charge in [0.05, 0.1) is 18.2 Å². The van der Waals surface area contributed by atoms with Gasteiger partial charge in [-0.1, -0.05) is 6.07 Å². The molecule has 2 amide bonds. The van der Waals surface area contributed by atoms with Gasteiger partial charge in [-0.2, -0.15) is 5.10 Å². The molecule has 0 radical (unpaired) electrons. The van der Waals surface area contributed by atoms with Gasteiger partial charge < -0.3 is 10.6 Å². The zero-order valence-electron chi connectivity index (χ0n) is 13.5. The number of halogens is 2. The Morgan fingerprint density at radius 1 is 1.28 bits per heavy atom. The van der Waals surface area contributed by atoms with E-state index >= 15 is 0 Å². The van der Waals surface area contributed by atoms with Gasteiger partial charge in [0.15, 0.2) is 0 Å². The van der Waals surface area contributed by atoms with Gasteiger partial charge in [0, 0.05) is 12.6 Å². The predicted octanol–water partition coefficient (Wildman–Crippen LogP) is 2.08. The summed E-state index contributed by atoms with van der Waals surface area (Å²) in [5.41, 5.74) is 6.09. The normalized spacial score (nSPS) is 17.5. The van der Waals surface area contributed by atoms with Crippen molar-refractivity contribution in [1.82, 2.24) is 15.1 Å². The Morgan fingerprint density at radius 2 is 2.08 bits per heavy atom. The van der Waals surface area contributed by atoms with Crippen molar-refractivity contribution < 1.29 is 18.4 Å². The molecule has 1 aromatic heterocycles. The van der Waals surface area contributed by atoms with Crippen LogP contribution in [0.4, 0.5) is 8.78 Å². The highest BCUT2D eigenvalue weighted by Gasteiger charge is 2.30. The number of hydrogen-bond acceptors (Lipinski definition) is 3. The number of carbonyl (C=O) groups is 2. The minimum Gasteiger partial charge on any atom is -0.364 e. The smallest absolute Gasteiger partial charge is 0.269 e. The number of carbonyl (C=O) groups excluding carboxylic acids is 2. The zero-order valence-corrected chi connectivity index (χ0v) is 13.5. The van der Waals surface area contributed by atoms with Crippen LogP contribution in [0.3, 0.4) is 0 Å². The van der Waals surface area contributed by atoms with Gasteiger partial charge in [0.1, 0.15) is 17.3 Å². The molecule has 25 heavy (non-hydrogen) atoms. The Balaban J connectivity index is 1.79. The lowest BCUT2D eigenvalue weighted by molar-refractivity contribution is -0.134. The highest BCUT2D eigenvalue weighted by atomic mass is 19.1. The van der Waals surface area contributed by atoms with Crippen molar-refractivity contribution in [3.8, 4) is 0 Å². The summed E-state index contributed by atoms with van der Waals surface area (Å²) in [6.45, 7) is 0.525. The fourth-order valence-electron chi connectivity index (χ4n) is 3.12. The van der Waals surface area contributed by atoms with Gasteiger partial charge in [-0.05, 0) is 37.0 Å². The molecule has 0 saturated carbocycles. The van der Waals surface area contributed by atoms with Crippen molar-refractivity contribution in [3.63, 3.8) is 0 Å². The van der Waals surface area contributed by atoms with E-state index in [1.807, 2.05) is 0 Å². The van der Waals surface area contributed by atoms with Gasteiger partial charge in [-0.25, -0.2) is 8.78 Å². The molecule has 1 aliphatic heterocycles. The molecule has 2 aromatic rings. The summed E-state index contributed by atoms with van der Waals surface area (Å²) in [6, 6.07) is 4.45. The average Bonchev–Trinajstić information content (AvgIpc) is 3.07. The molecule has 6 nitrogen and oxygen atoms in total. The van der Waals surface area contributed by atoms with Crippen molar-refractivity contribution in [1.29, 1.82) is 0 Å². The number of likely N-dealkylation sites (tertiary alicyclic amines) is 1. The van der Waals surface area contributed by atoms with Gasteiger partial charge in [0.25, 0.3) is 5.91 Å². The number of amides is 2. The number of nitrogens with zero attached hydrogens (tertiary/aromatic N) is 2. The summed E-state index contributed by atoms with van der Waals surface area (Å²) in [6.07, 6.45) is 2.31. The van der Waals surface area contributed by atoms with Crippen LogP contribution in [0.5, 0.6) is 0 Å². The molecule has 0 aliphatic carbocycles. The lowest BCUT2D eigenvalue weighted by Crippen LogP contribution is -2.39. The SMILES string of the molecule is NC(=O)c1cc([C@@H]2CCCCN2C(=O)Cc2ccc(F)cc2F)[nH]n1. The molecule has 132 valence electrons. The highest BCUT2D eigenvalue weighted by Crippen LogP contribution is 2.30. The quantitative estimate of drug-likeness (QED) is 0.886. The third-order valence-corrected chi connectivity index (χ3v) is 4.39. The molecule has 8 heteroatoms. The third kappa shape index (κ3) is 3.67. The fourth-order valence-corrected chi connectivity index (χ4v) is 3.12. The summed E-state index contributed by atoms with van der Waals surface area (Å²) in [5.74, 6) is -2.32. The molecule has 0 spiro atoms. The van der Waals surface area contributed by atoms with Gasteiger partial charge in [-0.15, -0.1) is 0 Å². The van der Waals surface area contributed by atoms with Crippen molar-refractivity contribution in [3.05, 3.63) is 52.9 Å². The Labute approximate surface area is 143 Å². The molecule has 2 heterocycles. The monoisotopic (exact) mass is 348 g/mol. The van der Waals surface area contributed by atoms with Crippen LogP contribution < -0.4 is 5.73 Å². The van der Waals surface area contributed by atoms with E-state index in [1.165, 1.54) is 12.1 Å². The van der Waals surface area contributed by atoms with Crippen molar-refractivity contribution in [2.45, 2.75) is 31.7 Å². The Morgan fingerprint density at radius 3 is 2.76 bits per heavy atom. The second-order valence-electron chi connectivity index (χ2n) is 6.08. The van der Waals surface area contributed by atoms with Crippen molar-refractivity contribution in [2.75, 3.05) is 6.54 Å². The summed E-state index contributed by atoms with van der Waals surface area (Å²) in [4.78, 5) is 25.5. The van der Waals surface area contributed by atoms with Crippen LogP contribution in [0.15, 0.2) is 24.3 Å². The van der Waals surface area contributed by atoms with Crippen LogP contribution in [0.2, 0.25) is 0 Å². The summed E-state index contributed by atoms with van der Waals surface area (Å²) >= 11 is 0. The van der Waals surface area contributed by atoms with Crippen LogP contribution in [0.25, 0.3) is 0 Å². The van der Waals surface area contributed by atoms with Crippen LogP contribution in [-0.2, 0) is 11.2 Å². The first-order valence-electron chi connectivity index (χ1n) is 8.04. The number of H-pyrrole nitrogens is 1. The Hall–Kier alpha value is -2.77. The van der Waals surface area contributed by atoms with Gasteiger partial charge in [-0.3, -0.25) is 14.7 Å². The largest absolute Gasteiger partial charge is 0.364 e. The first-order chi connectivity index (χ1) is 12.0. The van der Waals surface area contributed by atoms with E-state index in [4.69, 9.17) is 5.73 Å². The molecule has 3 N–H and O–H groups in total. The Bertz CT molecular complexity index is 806. The fraction of sp³-hybridized carbons (Fsp3) is 0.353. The zero-order chi connectivity index (χ0) is 18.0. The molecular weight excluding hydrogens is 330 g/mol. The van der Waals surface area contributed by atoms with E-state index < -0.39 is 17.5 Å². The first kappa shape index (κ1) is 17.1. The number of primary amides is 1. The van der Waals surface area contributed by atoms with Gasteiger partial charge in [0.2, 0.25) is 5.91 Å². The van der Waals surface area contributed by atoms with Gasteiger partial charge >= 0.3 is 0 Å². The number of aromatic amines is 1. The molecular formula is C17H18F2N4O2. The third-order valence-electron chi connectivity index (χ3n) is 4.39. The van der Waals surface area contributed by atoms with Crippen molar-refractivity contribution >= 4 is 11.8 Å². The number of rotatable bonds is 4. The minimum atomic E-state index is -0.737. The standard InChI is InChI=1S/C17H18F2N4O2/c18-11-5-4-10(12(19)8-11)7-16(24)23-6-2-1-3-15(23)13-9-14(17(20)25)22-21-13/h4-5,8-9,15H,1-3,6-7H2,(H2,20,25)(H,21,22)/t15-/m0/s1. The maximum absolute atomic E-state index is 13.8. The molecule has 3 rings (SSSR count). The van der Waals surface area contributed by atoms with Crippen LogP contribution in [0.1, 0.15) is 47.1 Å². The second-order valence-corrected chi connectivity index (χ2v) is 6.08. The topological polar surface area (TPSA) is 92.1 Å². The number of hydrogen-bond donors (Lipinski definition) is 2. The maximum atomic E-state index is 13.8. The van der Waals surface area contributed by atoms with Crippen LogP contribution in [-0.4, -0.2) is 33.5 Å². The van der Waals surface area contributed by atoms with E-state index in [9.17, 15) is 18.4 Å². The van der Waals surface area contributed by atoms with E-state index in [0.29, 0.717) is 18.7 Å². The van der Waals surface area contributed by atoms with E-state index in [1.54, 1.807) is 4.90 Å². The average molecular weight is 348 g/mol. The number of piperidine rings is 1. The van der Waals surface area contributed by atoms with Crippen molar-refractivity contribution in [2.24, 2.45) is 5.73 Å². The van der Waals surface area contributed by atoms with E-state index in [0.717, 1.165) is 25.0 Å². The van der Waals surface area contributed by atoms with Crippen LogP contribution >= 0.6 is 0 Å². The molecule has 1 atom stereocenters. The summed E-state index contributed by atoms with van der Waals surface area (Å²) < 4.78 is 26.8. The number of nitrogens with two attached hydrogens (primary N) is 1. The lowest BCUT2D eigenvalue weighted by Gasteiger charge is -2.35. The van der Waals surface area contributed by atoms with E-state index in [2.05, 4.69) is 10.2 Å². The molecule has 1 saturated heterocycles. The number of benzene rings is 1. The number of aromatic nitrogens is 2. The number of nitrogens with one attached hydrogen (secondary N) is 1. The summed E-state index contributed by atoms with van der Waals surface area (Å²) in [7, 11) is 0. The molecule has 0 unspecified atom stereocenters. The molecule has 1 aromatic carbocycles. The lowest BCUT2D eigenvalue weighted by atomic mass is 9.98. The predicted molar refractivity (Wildman–Crippen MR) is 85.5 cm³/mol.